The van der Waals surface area contributed by atoms with Crippen LogP contribution in [0.25, 0.3) is 0 Å². The zero-order valence-corrected chi connectivity index (χ0v) is 11.3. The van der Waals surface area contributed by atoms with Crippen LogP contribution in [0.1, 0.15) is 13.8 Å². The second kappa shape index (κ2) is 9.27. The fourth-order valence-corrected chi connectivity index (χ4v) is 1.88. The summed E-state index contributed by atoms with van der Waals surface area (Å²) in [6.07, 6.45) is 0. The molecule has 1 rings (SSSR count). The Morgan fingerprint density at radius 2 is 1.29 bits per heavy atom. The van der Waals surface area contributed by atoms with Crippen LogP contribution in [0.2, 0.25) is 0 Å². The molecule has 98 valence electrons. The van der Waals surface area contributed by atoms with Gasteiger partial charge in [-0.25, -0.2) is 0 Å². The maximum atomic E-state index is 5.56. The molecule has 0 unspecified atom stereocenters. The van der Waals surface area contributed by atoms with E-state index in [0.717, 1.165) is 11.5 Å². The molecule has 1 aromatic heterocycles. The van der Waals surface area contributed by atoms with Crippen molar-refractivity contribution in [3.63, 3.8) is 0 Å². The van der Waals surface area contributed by atoms with Gasteiger partial charge in [-0.15, -0.1) is 11.3 Å². The van der Waals surface area contributed by atoms with Crippen molar-refractivity contribution in [2.75, 3.05) is 39.6 Å². The first kappa shape index (κ1) is 14.3. The van der Waals surface area contributed by atoms with Crippen LogP contribution in [0.3, 0.4) is 0 Å². The smallest absolute Gasteiger partial charge is 0.171 e. The summed E-state index contributed by atoms with van der Waals surface area (Å²) in [5, 5.41) is 3.86. The third kappa shape index (κ3) is 5.91. The van der Waals surface area contributed by atoms with E-state index in [-0.39, 0.29) is 0 Å². The molecule has 0 bridgehead atoms. The lowest BCUT2D eigenvalue weighted by Gasteiger charge is -2.09. The van der Waals surface area contributed by atoms with Crippen LogP contribution in [0, 0.1) is 0 Å². The maximum Gasteiger partial charge on any atom is 0.171 e. The van der Waals surface area contributed by atoms with Gasteiger partial charge in [0.2, 0.25) is 0 Å². The van der Waals surface area contributed by atoms with Crippen LogP contribution in [-0.4, -0.2) is 39.6 Å². The zero-order chi connectivity index (χ0) is 12.3. The highest BCUT2D eigenvalue weighted by molar-refractivity contribution is 7.08. The summed E-state index contributed by atoms with van der Waals surface area (Å²) in [5.74, 6) is 1.57. The van der Waals surface area contributed by atoms with Gasteiger partial charge in [0.25, 0.3) is 0 Å². The Bertz CT molecular complexity index is 261. The number of ether oxygens (including phenoxy) is 4. The number of hydrogen-bond acceptors (Lipinski definition) is 5. The Morgan fingerprint density at radius 3 is 1.71 bits per heavy atom. The lowest BCUT2D eigenvalue weighted by atomic mass is 10.5. The van der Waals surface area contributed by atoms with Gasteiger partial charge in [0.05, 0.1) is 13.2 Å². The van der Waals surface area contributed by atoms with Gasteiger partial charge in [0.1, 0.15) is 13.2 Å². The van der Waals surface area contributed by atoms with Crippen molar-refractivity contribution in [2.24, 2.45) is 0 Å². The molecule has 0 atom stereocenters. The van der Waals surface area contributed by atoms with Crippen molar-refractivity contribution in [3.8, 4) is 11.5 Å². The van der Waals surface area contributed by atoms with Crippen LogP contribution >= 0.6 is 11.3 Å². The number of rotatable bonds is 10. The Balaban J connectivity index is 2.22. The predicted octanol–water partition coefficient (Wildman–Crippen LogP) is 2.58. The molecule has 0 spiro atoms. The van der Waals surface area contributed by atoms with Gasteiger partial charge in [-0.1, -0.05) is 0 Å². The molecular formula is C12H20O4S. The normalized spacial score (nSPS) is 10.5. The first-order valence-corrected chi connectivity index (χ1v) is 6.80. The molecule has 0 aromatic carbocycles. The Kier molecular flexibility index (Phi) is 7.79. The molecule has 1 aromatic rings. The van der Waals surface area contributed by atoms with E-state index in [9.17, 15) is 0 Å². The summed E-state index contributed by atoms with van der Waals surface area (Å²) in [7, 11) is 0. The molecule has 0 N–H and O–H groups in total. The summed E-state index contributed by atoms with van der Waals surface area (Å²) >= 11 is 1.56. The van der Waals surface area contributed by atoms with Crippen molar-refractivity contribution in [3.05, 3.63) is 10.8 Å². The molecule has 0 aliphatic heterocycles. The first-order chi connectivity index (χ1) is 8.38. The van der Waals surface area contributed by atoms with Crippen LogP contribution in [0.5, 0.6) is 11.5 Å². The van der Waals surface area contributed by atoms with Gasteiger partial charge in [0.15, 0.2) is 11.5 Å². The highest BCUT2D eigenvalue weighted by atomic mass is 32.1. The van der Waals surface area contributed by atoms with Crippen LogP contribution in [0.4, 0.5) is 0 Å². The minimum Gasteiger partial charge on any atom is -0.486 e. The van der Waals surface area contributed by atoms with E-state index in [1.54, 1.807) is 11.3 Å². The van der Waals surface area contributed by atoms with Crippen molar-refractivity contribution >= 4 is 11.3 Å². The molecule has 0 saturated heterocycles. The highest BCUT2D eigenvalue weighted by Crippen LogP contribution is 2.31. The zero-order valence-electron chi connectivity index (χ0n) is 10.4. The molecule has 1 heterocycles. The average Bonchev–Trinajstić information content (AvgIpc) is 2.78. The Hall–Kier alpha value is -0.780. The van der Waals surface area contributed by atoms with E-state index in [1.807, 2.05) is 24.6 Å². The minimum atomic E-state index is 0.548. The third-order valence-corrected chi connectivity index (χ3v) is 2.67. The van der Waals surface area contributed by atoms with Crippen LogP contribution in [0.15, 0.2) is 10.8 Å². The van der Waals surface area contributed by atoms with Gasteiger partial charge in [-0.2, -0.15) is 0 Å². The van der Waals surface area contributed by atoms with E-state index in [1.165, 1.54) is 0 Å². The average molecular weight is 260 g/mol. The molecule has 0 aliphatic carbocycles. The van der Waals surface area contributed by atoms with Gasteiger partial charge in [-0.05, 0) is 13.8 Å². The Labute approximate surface area is 106 Å². The van der Waals surface area contributed by atoms with Gasteiger partial charge in [-0.3, -0.25) is 0 Å². The lowest BCUT2D eigenvalue weighted by Crippen LogP contribution is -2.08. The Morgan fingerprint density at radius 1 is 0.824 bits per heavy atom. The monoisotopic (exact) mass is 260 g/mol. The van der Waals surface area contributed by atoms with Crippen molar-refractivity contribution in [1.29, 1.82) is 0 Å². The summed E-state index contributed by atoms with van der Waals surface area (Å²) in [5.41, 5.74) is 0. The molecule has 0 radical (unpaired) electrons. The summed E-state index contributed by atoms with van der Waals surface area (Å²) < 4.78 is 21.5. The van der Waals surface area contributed by atoms with Crippen molar-refractivity contribution in [1.82, 2.24) is 0 Å². The van der Waals surface area contributed by atoms with Crippen LogP contribution in [-0.2, 0) is 9.47 Å². The van der Waals surface area contributed by atoms with Gasteiger partial charge < -0.3 is 18.9 Å². The third-order valence-electron chi connectivity index (χ3n) is 1.97. The molecule has 0 fully saturated rings. The van der Waals surface area contributed by atoms with Gasteiger partial charge in [0, 0.05) is 24.0 Å². The SMILES string of the molecule is CCOCCOc1cscc1OCCOCC. The van der Waals surface area contributed by atoms with E-state index < -0.39 is 0 Å². The second-order valence-corrected chi connectivity index (χ2v) is 3.93. The molecule has 0 amide bonds. The second-order valence-electron chi connectivity index (χ2n) is 3.19. The standard InChI is InChI=1S/C12H20O4S/c1-3-13-5-7-15-11-9-17-10-12(11)16-8-6-14-4-2/h9-10H,3-8H2,1-2H3. The lowest BCUT2D eigenvalue weighted by molar-refractivity contribution is 0.100. The summed E-state index contributed by atoms with van der Waals surface area (Å²) in [4.78, 5) is 0. The van der Waals surface area contributed by atoms with Crippen molar-refractivity contribution in [2.45, 2.75) is 13.8 Å². The fraction of sp³-hybridized carbons (Fsp3) is 0.667. The molecule has 4 nitrogen and oxygen atoms in total. The fourth-order valence-electron chi connectivity index (χ4n) is 1.19. The molecule has 0 aliphatic rings. The van der Waals surface area contributed by atoms with E-state index in [0.29, 0.717) is 39.6 Å². The van der Waals surface area contributed by atoms with Crippen molar-refractivity contribution < 1.29 is 18.9 Å². The van der Waals surface area contributed by atoms with E-state index >= 15 is 0 Å². The summed E-state index contributed by atoms with van der Waals surface area (Å²) in [6, 6.07) is 0. The van der Waals surface area contributed by atoms with Gasteiger partial charge >= 0.3 is 0 Å². The largest absolute Gasteiger partial charge is 0.486 e. The summed E-state index contributed by atoms with van der Waals surface area (Å²) in [6.45, 7) is 7.66. The predicted molar refractivity (Wildman–Crippen MR) is 68.3 cm³/mol. The molecule has 5 heteroatoms. The van der Waals surface area contributed by atoms with Crippen LogP contribution < -0.4 is 9.47 Å². The number of hydrogen-bond donors (Lipinski definition) is 0. The highest BCUT2D eigenvalue weighted by Gasteiger charge is 2.06. The quantitative estimate of drug-likeness (QED) is 0.606. The minimum absolute atomic E-state index is 0.548. The molecule has 0 saturated carbocycles. The first-order valence-electron chi connectivity index (χ1n) is 5.85. The van der Waals surface area contributed by atoms with E-state index in [2.05, 4.69) is 0 Å². The topological polar surface area (TPSA) is 36.9 Å². The number of thiophene rings is 1. The maximum absolute atomic E-state index is 5.56. The molecular weight excluding hydrogens is 240 g/mol. The molecule has 17 heavy (non-hydrogen) atoms. The van der Waals surface area contributed by atoms with E-state index in [4.69, 9.17) is 18.9 Å².